The minimum absolute atomic E-state index is 0.0181. The molecule has 3 aliphatic heterocycles. The molecule has 14 heteroatoms. The first kappa shape index (κ1) is 45.0. The molecule has 13 nitrogen and oxygen atoms in total. The highest BCUT2D eigenvalue weighted by Gasteiger charge is 2.57. The van der Waals surface area contributed by atoms with Crippen LogP contribution >= 0.6 is 15.9 Å². The Morgan fingerprint density at radius 2 is 1.73 bits per heavy atom. The number of unbranched alkanes of at least 4 members (excludes halogenated alkanes) is 4. The van der Waals surface area contributed by atoms with Gasteiger partial charge in [-0.1, -0.05) is 80.6 Å². The summed E-state index contributed by atoms with van der Waals surface area (Å²) in [6.07, 6.45) is 3.94. The monoisotopic (exact) mass is 838 g/mol. The van der Waals surface area contributed by atoms with Gasteiger partial charge in [-0.2, -0.15) is 0 Å². The van der Waals surface area contributed by atoms with Gasteiger partial charge >= 0.3 is 17.9 Å². The fraction of sp³-hybridized carbons (Fsp3) is 0.683. The number of ether oxygens (including phenoxy) is 7. The van der Waals surface area contributed by atoms with Crippen LogP contribution in [0.1, 0.15) is 109 Å². The zero-order valence-corrected chi connectivity index (χ0v) is 34.1. The highest BCUT2D eigenvalue weighted by molar-refractivity contribution is 9.10. The number of carbonyl (C=O) groups is 3. The molecule has 1 aromatic carbocycles. The predicted octanol–water partition coefficient (Wildman–Crippen LogP) is 5.91. The van der Waals surface area contributed by atoms with Gasteiger partial charge in [0.15, 0.2) is 12.4 Å². The molecule has 0 unspecified atom stereocenters. The normalized spacial score (nSPS) is 31.6. The van der Waals surface area contributed by atoms with Crippen LogP contribution in [0, 0.1) is 5.41 Å². The molecule has 0 aromatic heterocycles. The molecule has 0 saturated carbocycles. The van der Waals surface area contributed by atoms with Gasteiger partial charge in [0, 0.05) is 41.8 Å². The molecule has 3 N–H and O–H groups in total. The lowest BCUT2D eigenvalue weighted by molar-refractivity contribution is -0.327. The maximum Gasteiger partial charge on any atom is 0.330 e. The zero-order chi connectivity index (χ0) is 40.0. The Balaban J connectivity index is 1.70. The van der Waals surface area contributed by atoms with E-state index in [0.717, 1.165) is 35.7 Å². The van der Waals surface area contributed by atoms with Crippen LogP contribution in [0.4, 0.5) is 0 Å². The molecule has 308 valence electrons. The van der Waals surface area contributed by atoms with Crippen molar-refractivity contribution in [3.63, 3.8) is 0 Å². The fourth-order valence-electron chi connectivity index (χ4n) is 7.03. The first-order valence-corrected chi connectivity index (χ1v) is 20.3. The maximum atomic E-state index is 13.3. The zero-order valence-electron chi connectivity index (χ0n) is 32.5. The lowest BCUT2D eigenvalue weighted by Crippen LogP contribution is -2.62. The van der Waals surface area contributed by atoms with Crippen LogP contribution in [0.3, 0.4) is 0 Å². The van der Waals surface area contributed by atoms with Crippen LogP contribution in [0.25, 0.3) is 0 Å². The summed E-state index contributed by atoms with van der Waals surface area (Å²) in [5, 5.41) is 33.7. The standard InChI is InChI=1S/C41H59BrO13/c1-5-6-7-8-9-10-35(45)54-39-28(22-36(46)49-4)21-32-24-33(26-43)52-37(47)23-30(44)16-19-50-34(27-11-13-29(42)14-12-27)25-31-17-20-51-38(53-31)15-18-40(2,3)41(39,48)55-32/h11-15,18,22,30-34,38-39,43-44,48H,5-10,16-17,19-21,23-26H2,1-4H3/t30-,31+,32+,33-,34+,38+,39+,41-/m1/s1. The van der Waals surface area contributed by atoms with E-state index in [4.69, 9.17) is 33.2 Å². The van der Waals surface area contributed by atoms with Gasteiger partial charge in [-0.05, 0) is 55.0 Å². The van der Waals surface area contributed by atoms with E-state index in [1.165, 1.54) is 13.2 Å². The van der Waals surface area contributed by atoms with Gasteiger partial charge in [0.05, 0.1) is 51.2 Å². The minimum Gasteiger partial charge on any atom is -0.466 e. The number of fused-ring (bicyclic) bond motifs is 4. The van der Waals surface area contributed by atoms with Crippen molar-refractivity contribution in [3.8, 4) is 0 Å². The molecular weight excluding hydrogens is 780 g/mol. The van der Waals surface area contributed by atoms with E-state index in [2.05, 4.69) is 22.9 Å². The maximum absolute atomic E-state index is 13.3. The van der Waals surface area contributed by atoms with Crippen molar-refractivity contribution in [1.29, 1.82) is 0 Å². The number of rotatable bonds is 10. The van der Waals surface area contributed by atoms with Crippen molar-refractivity contribution in [2.45, 2.75) is 147 Å². The largest absolute Gasteiger partial charge is 0.466 e. The fourth-order valence-corrected chi connectivity index (χ4v) is 7.30. The lowest BCUT2D eigenvalue weighted by atomic mass is 9.74. The molecule has 0 spiro atoms. The topological polar surface area (TPSA) is 177 Å². The predicted molar refractivity (Wildman–Crippen MR) is 204 cm³/mol. The summed E-state index contributed by atoms with van der Waals surface area (Å²) in [7, 11) is 1.21. The molecule has 3 heterocycles. The van der Waals surface area contributed by atoms with Crippen LogP contribution in [0.2, 0.25) is 0 Å². The van der Waals surface area contributed by atoms with Gasteiger partial charge in [-0.3, -0.25) is 9.59 Å². The van der Waals surface area contributed by atoms with Gasteiger partial charge in [-0.25, -0.2) is 4.79 Å². The van der Waals surface area contributed by atoms with Crippen LogP contribution in [-0.2, 0) is 47.5 Å². The highest BCUT2D eigenvalue weighted by Crippen LogP contribution is 2.47. The molecule has 3 aliphatic rings. The first-order chi connectivity index (χ1) is 26.3. The van der Waals surface area contributed by atoms with Crippen molar-refractivity contribution in [2.24, 2.45) is 5.41 Å². The van der Waals surface area contributed by atoms with Gasteiger partial charge < -0.3 is 48.5 Å². The summed E-state index contributed by atoms with van der Waals surface area (Å²) in [5.41, 5.74) is -0.181. The van der Waals surface area contributed by atoms with E-state index in [1.807, 2.05) is 24.3 Å². The Hall–Kier alpha value is -2.69. The van der Waals surface area contributed by atoms with Crippen LogP contribution in [0.15, 0.2) is 52.5 Å². The molecular formula is C41H59BrO13. The lowest BCUT2D eigenvalue weighted by Gasteiger charge is -2.51. The van der Waals surface area contributed by atoms with E-state index >= 15 is 0 Å². The van der Waals surface area contributed by atoms with E-state index in [-0.39, 0.29) is 50.4 Å². The molecule has 0 aliphatic carbocycles. The quantitative estimate of drug-likeness (QED) is 0.0835. The number of aliphatic hydroxyl groups excluding tert-OH is 2. The van der Waals surface area contributed by atoms with Gasteiger partial charge in [-0.15, -0.1) is 0 Å². The number of methoxy groups -OCH3 is 1. The second-order valence-electron chi connectivity index (χ2n) is 15.1. The molecule has 1 aromatic rings. The summed E-state index contributed by atoms with van der Waals surface area (Å²) < 4.78 is 42.5. The average molecular weight is 840 g/mol. The van der Waals surface area contributed by atoms with Crippen LogP contribution < -0.4 is 0 Å². The molecule has 8 atom stereocenters. The number of aliphatic hydroxyl groups is 3. The van der Waals surface area contributed by atoms with Gasteiger partial charge in [0.1, 0.15) is 6.10 Å². The van der Waals surface area contributed by atoms with Crippen molar-refractivity contribution in [3.05, 3.63) is 58.1 Å². The number of hydrogen-bond donors (Lipinski definition) is 3. The summed E-state index contributed by atoms with van der Waals surface area (Å²) in [6.45, 7) is 5.47. The number of hydrogen-bond acceptors (Lipinski definition) is 13. The number of carbonyl (C=O) groups excluding carboxylic acids is 3. The van der Waals surface area contributed by atoms with Crippen molar-refractivity contribution < 1.29 is 62.9 Å². The molecule has 4 bridgehead atoms. The summed E-state index contributed by atoms with van der Waals surface area (Å²) >= 11 is 3.48. The third-order valence-corrected chi connectivity index (χ3v) is 10.8. The first-order valence-electron chi connectivity index (χ1n) is 19.5. The number of benzene rings is 1. The Bertz CT molecular complexity index is 1450. The molecule has 0 radical (unpaired) electrons. The van der Waals surface area contributed by atoms with E-state index < -0.39 is 72.5 Å². The Morgan fingerprint density at radius 1 is 1.00 bits per heavy atom. The summed E-state index contributed by atoms with van der Waals surface area (Å²) in [4.78, 5) is 39.0. The average Bonchev–Trinajstić information content (AvgIpc) is 3.14. The van der Waals surface area contributed by atoms with Gasteiger partial charge in [0.2, 0.25) is 5.79 Å². The Kier molecular flexibility index (Phi) is 17.8. The van der Waals surface area contributed by atoms with E-state index in [9.17, 15) is 29.7 Å². The molecule has 0 amide bonds. The van der Waals surface area contributed by atoms with Crippen LogP contribution in [0.5, 0.6) is 0 Å². The molecule has 2 saturated heterocycles. The van der Waals surface area contributed by atoms with Gasteiger partial charge in [0.25, 0.3) is 0 Å². The van der Waals surface area contributed by atoms with E-state index in [1.54, 1.807) is 26.0 Å². The second-order valence-corrected chi connectivity index (χ2v) is 16.0. The Labute approximate surface area is 332 Å². The SMILES string of the molecule is CCCCCCCC(=O)O[C@H]1C(=CC(=O)OC)C[C@H]2C[C@H](CO)OC(=O)C[C@H](O)CCO[C@H](c3ccc(Br)cc3)C[C@@H]3CCO[C@H](C=CC(C)(C)[C@]1(O)O2)O3. The number of esters is 3. The van der Waals surface area contributed by atoms with Crippen molar-refractivity contribution in [2.75, 3.05) is 26.9 Å². The van der Waals surface area contributed by atoms with E-state index in [0.29, 0.717) is 25.9 Å². The number of halogens is 1. The van der Waals surface area contributed by atoms with Crippen LogP contribution in [-0.4, -0.2) is 103 Å². The molecule has 4 rings (SSSR count). The smallest absolute Gasteiger partial charge is 0.330 e. The molecule has 55 heavy (non-hydrogen) atoms. The minimum atomic E-state index is -2.28. The van der Waals surface area contributed by atoms with Crippen molar-refractivity contribution >= 4 is 33.8 Å². The number of cyclic esters (lactones) is 1. The third-order valence-electron chi connectivity index (χ3n) is 10.3. The third kappa shape index (κ3) is 13.5. The summed E-state index contributed by atoms with van der Waals surface area (Å²) in [6, 6.07) is 7.74. The van der Waals surface area contributed by atoms with Crippen molar-refractivity contribution in [1.82, 2.24) is 0 Å². The Morgan fingerprint density at radius 3 is 2.44 bits per heavy atom. The summed E-state index contributed by atoms with van der Waals surface area (Å²) in [5.74, 6) is -4.31. The highest BCUT2D eigenvalue weighted by atomic mass is 79.9. The molecule has 2 fully saturated rings. The second kappa shape index (κ2) is 21.7.